The zero-order valence-corrected chi connectivity index (χ0v) is 11.8. The van der Waals surface area contributed by atoms with E-state index in [1.54, 1.807) is 24.3 Å². The Bertz CT molecular complexity index is 501. The maximum atomic E-state index is 12.5. The van der Waals surface area contributed by atoms with Gasteiger partial charge in [0.1, 0.15) is 6.54 Å². The molecule has 2 N–H and O–H groups in total. The number of carbonyl (C=O) groups is 2. The molecule has 0 unspecified atom stereocenters. The van der Waals surface area contributed by atoms with Gasteiger partial charge in [0.15, 0.2) is 0 Å². The average Bonchev–Trinajstić information content (AvgIpc) is 2.45. The number of piperidine rings is 1. The standard InChI is InChI=1S/C14H17ClN2O3/c15-11-2-1-3-12(8-11)17(9-13(18)19)14(20)10-4-6-16-7-5-10/h1-3,8,10,16H,4-7,9H2,(H,18,19). The Kier molecular flexibility index (Phi) is 4.98. The van der Waals surface area contributed by atoms with Crippen LogP contribution in [0.1, 0.15) is 12.8 Å². The van der Waals surface area contributed by atoms with Gasteiger partial charge in [0.25, 0.3) is 0 Å². The van der Waals surface area contributed by atoms with Crippen LogP contribution in [0.2, 0.25) is 5.02 Å². The molecule has 1 saturated heterocycles. The van der Waals surface area contributed by atoms with Crippen molar-refractivity contribution in [3.8, 4) is 0 Å². The van der Waals surface area contributed by atoms with E-state index in [1.807, 2.05) is 0 Å². The summed E-state index contributed by atoms with van der Waals surface area (Å²) in [6.45, 7) is 1.23. The van der Waals surface area contributed by atoms with E-state index >= 15 is 0 Å². The Morgan fingerprint density at radius 3 is 2.65 bits per heavy atom. The van der Waals surface area contributed by atoms with E-state index in [4.69, 9.17) is 16.7 Å². The summed E-state index contributed by atoms with van der Waals surface area (Å²) in [5.74, 6) is -1.31. The number of anilines is 1. The largest absolute Gasteiger partial charge is 0.480 e. The first-order valence-corrected chi connectivity index (χ1v) is 6.95. The number of benzene rings is 1. The van der Waals surface area contributed by atoms with Crippen LogP contribution in [0, 0.1) is 5.92 Å². The number of aliphatic carboxylic acids is 1. The minimum Gasteiger partial charge on any atom is -0.480 e. The monoisotopic (exact) mass is 296 g/mol. The van der Waals surface area contributed by atoms with Gasteiger partial charge in [-0.25, -0.2) is 0 Å². The number of nitrogens with one attached hydrogen (secondary N) is 1. The summed E-state index contributed by atoms with van der Waals surface area (Å²) in [7, 11) is 0. The maximum Gasteiger partial charge on any atom is 0.323 e. The molecular weight excluding hydrogens is 280 g/mol. The lowest BCUT2D eigenvalue weighted by Crippen LogP contribution is -2.43. The summed E-state index contributed by atoms with van der Waals surface area (Å²) < 4.78 is 0. The zero-order valence-electron chi connectivity index (χ0n) is 11.0. The molecule has 0 radical (unpaired) electrons. The van der Waals surface area contributed by atoms with Crippen molar-refractivity contribution in [2.24, 2.45) is 5.92 Å². The number of carboxylic acid groups (broad SMARTS) is 1. The predicted octanol–water partition coefficient (Wildman–Crippen LogP) is 1.76. The topological polar surface area (TPSA) is 69.6 Å². The molecule has 1 aromatic carbocycles. The fourth-order valence-electron chi connectivity index (χ4n) is 2.36. The molecule has 1 aliphatic rings. The van der Waals surface area contributed by atoms with Crippen molar-refractivity contribution in [2.75, 3.05) is 24.5 Å². The highest BCUT2D eigenvalue weighted by molar-refractivity contribution is 6.31. The normalized spacial score (nSPS) is 15.8. The van der Waals surface area contributed by atoms with Crippen molar-refractivity contribution < 1.29 is 14.7 Å². The van der Waals surface area contributed by atoms with Crippen LogP contribution in [0.3, 0.4) is 0 Å². The lowest BCUT2D eigenvalue weighted by molar-refractivity contribution is -0.137. The minimum atomic E-state index is -1.03. The van der Waals surface area contributed by atoms with E-state index in [2.05, 4.69) is 5.32 Å². The van der Waals surface area contributed by atoms with Gasteiger partial charge in [-0.1, -0.05) is 17.7 Å². The number of hydrogen-bond donors (Lipinski definition) is 2. The SMILES string of the molecule is O=C(O)CN(C(=O)C1CCNCC1)c1cccc(Cl)c1. The molecule has 1 fully saturated rings. The van der Waals surface area contributed by atoms with E-state index in [9.17, 15) is 9.59 Å². The summed E-state index contributed by atoms with van der Waals surface area (Å²) in [4.78, 5) is 24.9. The molecule has 20 heavy (non-hydrogen) atoms. The van der Waals surface area contributed by atoms with E-state index < -0.39 is 5.97 Å². The van der Waals surface area contributed by atoms with Crippen molar-refractivity contribution in [2.45, 2.75) is 12.8 Å². The molecule has 0 atom stereocenters. The van der Waals surface area contributed by atoms with Gasteiger partial charge in [-0.3, -0.25) is 9.59 Å². The fourth-order valence-corrected chi connectivity index (χ4v) is 2.55. The van der Waals surface area contributed by atoms with Crippen LogP contribution in [0.5, 0.6) is 0 Å². The second-order valence-corrected chi connectivity index (χ2v) is 5.26. The summed E-state index contributed by atoms with van der Waals surface area (Å²) >= 11 is 5.92. The third-order valence-electron chi connectivity index (χ3n) is 3.37. The van der Waals surface area contributed by atoms with Gasteiger partial charge in [0.2, 0.25) is 5.91 Å². The van der Waals surface area contributed by atoms with Gasteiger partial charge in [0.05, 0.1) is 0 Å². The van der Waals surface area contributed by atoms with Crippen LogP contribution in [0.15, 0.2) is 24.3 Å². The van der Waals surface area contributed by atoms with Crippen molar-refractivity contribution in [3.05, 3.63) is 29.3 Å². The molecule has 0 spiro atoms. The quantitative estimate of drug-likeness (QED) is 0.888. The molecular formula is C14H17ClN2O3. The lowest BCUT2D eigenvalue weighted by atomic mass is 9.96. The minimum absolute atomic E-state index is 0.130. The first-order valence-electron chi connectivity index (χ1n) is 6.57. The summed E-state index contributed by atoms with van der Waals surface area (Å²) in [5.41, 5.74) is 0.531. The van der Waals surface area contributed by atoms with Gasteiger partial charge < -0.3 is 15.3 Å². The highest BCUT2D eigenvalue weighted by atomic mass is 35.5. The third-order valence-corrected chi connectivity index (χ3v) is 3.60. The van der Waals surface area contributed by atoms with Crippen LogP contribution in [-0.4, -0.2) is 36.6 Å². The number of carbonyl (C=O) groups excluding carboxylic acids is 1. The van der Waals surface area contributed by atoms with E-state index in [-0.39, 0.29) is 18.4 Å². The highest BCUT2D eigenvalue weighted by Crippen LogP contribution is 2.23. The van der Waals surface area contributed by atoms with Gasteiger partial charge in [-0.05, 0) is 44.1 Å². The molecule has 0 aromatic heterocycles. The molecule has 1 aliphatic heterocycles. The Balaban J connectivity index is 2.22. The van der Waals surface area contributed by atoms with Gasteiger partial charge in [-0.2, -0.15) is 0 Å². The predicted molar refractivity (Wildman–Crippen MR) is 77.0 cm³/mol. The maximum absolute atomic E-state index is 12.5. The van der Waals surface area contributed by atoms with Gasteiger partial charge in [0, 0.05) is 16.6 Å². The molecule has 1 heterocycles. The summed E-state index contributed by atoms with van der Waals surface area (Å²) in [6.07, 6.45) is 1.46. The van der Waals surface area contributed by atoms with Crippen molar-refractivity contribution in [3.63, 3.8) is 0 Å². The van der Waals surface area contributed by atoms with Crippen LogP contribution in [0.25, 0.3) is 0 Å². The average molecular weight is 297 g/mol. The number of nitrogens with zero attached hydrogens (tertiary/aromatic N) is 1. The highest BCUT2D eigenvalue weighted by Gasteiger charge is 2.28. The molecule has 108 valence electrons. The number of rotatable bonds is 4. The summed E-state index contributed by atoms with van der Waals surface area (Å²) in [6, 6.07) is 6.72. The molecule has 6 heteroatoms. The Morgan fingerprint density at radius 2 is 2.05 bits per heavy atom. The molecule has 0 aliphatic carbocycles. The molecule has 1 aromatic rings. The second-order valence-electron chi connectivity index (χ2n) is 4.82. The Morgan fingerprint density at radius 1 is 1.35 bits per heavy atom. The zero-order chi connectivity index (χ0) is 14.5. The number of halogens is 1. The van der Waals surface area contributed by atoms with Crippen LogP contribution in [0.4, 0.5) is 5.69 Å². The van der Waals surface area contributed by atoms with Gasteiger partial charge >= 0.3 is 5.97 Å². The molecule has 0 bridgehead atoms. The van der Waals surface area contributed by atoms with E-state index in [1.165, 1.54) is 4.90 Å². The van der Waals surface area contributed by atoms with Crippen LogP contribution in [-0.2, 0) is 9.59 Å². The van der Waals surface area contributed by atoms with Crippen molar-refractivity contribution in [1.82, 2.24) is 5.32 Å². The second kappa shape index (κ2) is 6.72. The summed E-state index contributed by atoms with van der Waals surface area (Å²) in [5, 5.41) is 12.7. The lowest BCUT2D eigenvalue weighted by Gasteiger charge is -2.28. The number of hydrogen-bond acceptors (Lipinski definition) is 3. The fraction of sp³-hybridized carbons (Fsp3) is 0.429. The third kappa shape index (κ3) is 3.71. The molecule has 5 nitrogen and oxygen atoms in total. The van der Waals surface area contributed by atoms with Crippen LogP contribution < -0.4 is 10.2 Å². The molecule has 0 saturated carbocycles. The molecule has 1 amide bonds. The first-order chi connectivity index (χ1) is 9.58. The number of amides is 1. The van der Waals surface area contributed by atoms with E-state index in [0.717, 1.165) is 25.9 Å². The van der Waals surface area contributed by atoms with Crippen LogP contribution >= 0.6 is 11.6 Å². The van der Waals surface area contributed by atoms with E-state index in [0.29, 0.717) is 10.7 Å². The van der Waals surface area contributed by atoms with Crippen molar-refractivity contribution in [1.29, 1.82) is 0 Å². The Hall–Kier alpha value is -1.59. The first kappa shape index (κ1) is 14.8. The molecule has 2 rings (SSSR count). The smallest absolute Gasteiger partial charge is 0.323 e. The Labute approximate surface area is 122 Å². The van der Waals surface area contributed by atoms with Gasteiger partial charge in [-0.15, -0.1) is 0 Å². The van der Waals surface area contributed by atoms with Crippen molar-refractivity contribution >= 4 is 29.2 Å². The number of carboxylic acids is 1.